The number of H-pyrrole nitrogens is 2. The lowest BCUT2D eigenvalue weighted by Gasteiger charge is -2.30. The van der Waals surface area contributed by atoms with E-state index in [0.717, 1.165) is 11.0 Å². The van der Waals surface area contributed by atoms with Crippen molar-refractivity contribution in [2.45, 2.75) is 43.9 Å². The average molecular weight is 1210 g/mol. The van der Waals surface area contributed by atoms with Crippen LogP contribution in [0.15, 0.2) is 279 Å². The summed E-state index contributed by atoms with van der Waals surface area (Å²) in [5.41, 5.74) is 37.3. The molecule has 0 radical (unpaired) electrons. The molecule has 22 rings (SSSR count). The van der Waals surface area contributed by atoms with Gasteiger partial charge in [-0.2, -0.15) is 0 Å². The van der Waals surface area contributed by atoms with E-state index in [-0.39, 0.29) is 10.8 Å². The van der Waals surface area contributed by atoms with E-state index in [1.165, 1.54) is 199 Å². The summed E-state index contributed by atoms with van der Waals surface area (Å²) in [5.74, 6) is 0. The van der Waals surface area contributed by atoms with E-state index in [1.807, 2.05) is 0 Å². The molecule has 4 aromatic heterocycles. The standard InChI is InChI=1S/C91H60N4/c1-89(2)71-27-15-11-23-57(71)63-47-69-67-45-53(33-41-81(67)94(83(69)49-77(63)89)55-19-7-5-8-20-55)51-31-39-79-65(43-51)59-35-37-75-85(87(59)92-79)61-25-13-17-29-73(61)91(75)74-30-18-14-26-62(74)86-76(91)38-36-60-66-44-52(32-40-80(66)93-88(60)86)54-34-42-82-68(46-54)70-48-64-58-24-12-16-28-72(58)90(3,4)78(64)50-84(70)95(82)56-21-9-6-10-22-56/h5-50,92-93H,1-4H3. The first-order chi connectivity index (χ1) is 46.6. The molecule has 0 saturated carbocycles. The number of nitrogens with zero attached hydrogens (tertiary/aromatic N) is 2. The molecule has 1 spiro atoms. The molecule has 4 heterocycles. The second-order valence-corrected chi connectivity index (χ2v) is 28.4. The summed E-state index contributed by atoms with van der Waals surface area (Å²) >= 11 is 0. The summed E-state index contributed by atoms with van der Waals surface area (Å²) in [6.45, 7) is 9.51. The van der Waals surface area contributed by atoms with Gasteiger partial charge >= 0.3 is 0 Å². The van der Waals surface area contributed by atoms with Crippen LogP contribution in [-0.4, -0.2) is 19.1 Å². The Labute approximate surface area is 548 Å². The molecule has 0 fully saturated rings. The van der Waals surface area contributed by atoms with Crippen LogP contribution in [-0.2, 0) is 16.2 Å². The summed E-state index contributed by atoms with van der Waals surface area (Å²) in [6.07, 6.45) is 0. The molecule has 4 nitrogen and oxygen atoms in total. The van der Waals surface area contributed by atoms with Crippen LogP contribution in [0.3, 0.4) is 0 Å². The van der Waals surface area contributed by atoms with Gasteiger partial charge in [-0.1, -0.05) is 210 Å². The number of benzene rings is 14. The van der Waals surface area contributed by atoms with Gasteiger partial charge in [0.2, 0.25) is 0 Å². The summed E-state index contributed by atoms with van der Waals surface area (Å²) in [7, 11) is 0. The van der Waals surface area contributed by atoms with Crippen LogP contribution in [0.2, 0.25) is 0 Å². The van der Waals surface area contributed by atoms with Crippen molar-refractivity contribution in [2.75, 3.05) is 0 Å². The van der Waals surface area contributed by atoms with Crippen molar-refractivity contribution in [3.63, 3.8) is 0 Å². The SMILES string of the molecule is CC1(C)c2ccccc2-c2cc3c4cc(-c5ccc6[nH]c7c8c(ccc7c6c5)C5(c6ccccc6-8)c6ccccc6-c6c5ccc5c6[nH]c6ccc(-c7ccc8c(c7)c7cc9c(cc7n8-c7ccccc7)C(C)(C)c7ccccc7-9)cc65)ccc4n(-c4ccccc4)c3cc21. The van der Waals surface area contributed by atoms with Gasteiger partial charge in [0.15, 0.2) is 0 Å². The first kappa shape index (κ1) is 51.8. The van der Waals surface area contributed by atoms with E-state index >= 15 is 0 Å². The molecule has 4 aliphatic rings. The number of hydrogen-bond donors (Lipinski definition) is 2. The van der Waals surface area contributed by atoms with Crippen LogP contribution in [0.5, 0.6) is 0 Å². The normalized spacial score (nSPS) is 14.8. The highest BCUT2D eigenvalue weighted by Crippen LogP contribution is 2.65. The molecular formula is C91H60N4. The van der Waals surface area contributed by atoms with Gasteiger partial charge in [0.1, 0.15) is 0 Å². The zero-order valence-corrected chi connectivity index (χ0v) is 53.0. The van der Waals surface area contributed by atoms with E-state index < -0.39 is 5.41 Å². The zero-order valence-electron chi connectivity index (χ0n) is 53.0. The Kier molecular flexibility index (Phi) is 9.77. The van der Waals surface area contributed by atoms with Gasteiger partial charge in [-0.05, 0) is 197 Å². The molecule has 0 saturated heterocycles. The van der Waals surface area contributed by atoms with E-state index in [4.69, 9.17) is 0 Å². The topological polar surface area (TPSA) is 41.4 Å². The highest BCUT2D eigenvalue weighted by Gasteiger charge is 2.53. The lowest BCUT2D eigenvalue weighted by atomic mass is 9.70. The van der Waals surface area contributed by atoms with Crippen molar-refractivity contribution < 1.29 is 0 Å². The number of aromatic nitrogens is 4. The van der Waals surface area contributed by atoms with Crippen LogP contribution in [0, 0.1) is 0 Å². The highest BCUT2D eigenvalue weighted by atomic mass is 15.0. The Hall–Kier alpha value is -11.7. The fourth-order valence-electron chi connectivity index (χ4n) is 18.9. The maximum Gasteiger partial charge on any atom is 0.0727 e. The molecule has 0 aliphatic heterocycles. The number of rotatable bonds is 4. The highest BCUT2D eigenvalue weighted by molar-refractivity contribution is 6.20. The van der Waals surface area contributed by atoms with Crippen molar-refractivity contribution in [1.29, 1.82) is 0 Å². The Morgan fingerprint density at radius 2 is 0.600 bits per heavy atom. The van der Waals surface area contributed by atoms with Crippen LogP contribution >= 0.6 is 0 Å². The quantitative estimate of drug-likeness (QED) is 0.176. The molecule has 0 atom stereocenters. The molecule has 0 unspecified atom stereocenters. The van der Waals surface area contributed by atoms with Crippen LogP contribution < -0.4 is 0 Å². The molecule has 14 aromatic carbocycles. The third kappa shape index (κ3) is 6.47. The Bertz CT molecular complexity index is 6120. The predicted molar refractivity (Wildman–Crippen MR) is 396 cm³/mol. The van der Waals surface area contributed by atoms with E-state index in [0.29, 0.717) is 0 Å². The van der Waals surface area contributed by atoms with Crippen molar-refractivity contribution >= 4 is 87.2 Å². The van der Waals surface area contributed by atoms with E-state index in [9.17, 15) is 0 Å². The smallest absolute Gasteiger partial charge is 0.0727 e. The van der Waals surface area contributed by atoms with Crippen molar-refractivity contribution in [3.05, 3.63) is 324 Å². The number of hydrogen-bond acceptors (Lipinski definition) is 0. The Balaban J connectivity index is 0.684. The number of nitrogens with one attached hydrogen (secondary N) is 2. The second kappa shape index (κ2) is 17.9. The number of para-hydroxylation sites is 2. The van der Waals surface area contributed by atoms with Crippen molar-refractivity contribution in [2.24, 2.45) is 0 Å². The van der Waals surface area contributed by atoms with Crippen LogP contribution in [0.1, 0.15) is 72.2 Å². The summed E-state index contributed by atoms with van der Waals surface area (Å²) in [4.78, 5) is 8.13. The average Bonchev–Trinajstić information content (AvgIpc) is 1.50. The fourth-order valence-corrected chi connectivity index (χ4v) is 18.9. The molecule has 444 valence electrons. The van der Waals surface area contributed by atoms with Crippen LogP contribution in [0.4, 0.5) is 0 Å². The number of aromatic amines is 2. The fraction of sp³-hybridized carbons (Fsp3) is 0.0769. The zero-order chi connectivity index (χ0) is 62.5. The summed E-state index contributed by atoms with van der Waals surface area (Å²) < 4.78 is 4.94. The van der Waals surface area contributed by atoms with Gasteiger partial charge in [0.25, 0.3) is 0 Å². The molecule has 0 amide bonds. The molecule has 0 bridgehead atoms. The minimum absolute atomic E-state index is 0.105. The minimum atomic E-state index is -0.538. The van der Waals surface area contributed by atoms with Gasteiger partial charge in [0, 0.05) is 87.5 Å². The van der Waals surface area contributed by atoms with Gasteiger partial charge in [-0.25, -0.2) is 0 Å². The third-order valence-electron chi connectivity index (χ3n) is 23.2. The summed E-state index contributed by atoms with van der Waals surface area (Å²) in [5, 5.41) is 9.99. The maximum absolute atomic E-state index is 4.06. The molecule has 95 heavy (non-hydrogen) atoms. The molecule has 4 aliphatic carbocycles. The van der Waals surface area contributed by atoms with Gasteiger partial charge in [-0.15, -0.1) is 0 Å². The van der Waals surface area contributed by atoms with E-state index in [1.54, 1.807) is 0 Å². The molecule has 2 N–H and O–H groups in total. The lowest BCUT2D eigenvalue weighted by molar-refractivity contribution is 0.661. The lowest BCUT2D eigenvalue weighted by Crippen LogP contribution is -2.25. The monoisotopic (exact) mass is 1210 g/mol. The molecular weight excluding hydrogens is 1150 g/mol. The molecule has 4 heteroatoms. The van der Waals surface area contributed by atoms with Gasteiger partial charge in [0.05, 0.1) is 38.5 Å². The van der Waals surface area contributed by atoms with Crippen molar-refractivity contribution in [1.82, 2.24) is 19.1 Å². The third-order valence-corrected chi connectivity index (χ3v) is 23.2. The maximum atomic E-state index is 4.06. The van der Waals surface area contributed by atoms with Crippen molar-refractivity contribution in [3.8, 4) is 78.1 Å². The number of fused-ring (bicyclic) bond motifs is 30. The van der Waals surface area contributed by atoms with Gasteiger partial charge in [-0.3, -0.25) is 0 Å². The minimum Gasteiger partial charge on any atom is -0.354 e. The first-order valence-corrected chi connectivity index (χ1v) is 33.6. The summed E-state index contributed by atoms with van der Waals surface area (Å²) in [6, 6.07) is 106. The predicted octanol–water partition coefficient (Wildman–Crippen LogP) is 23.4. The second-order valence-electron chi connectivity index (χ2n) is 28.4. The Morgan fingerprint density at radius 3 is 1.03 bits per heavy atom. The first-order valence-electron chi connectivity index (χ1n) is 33.6. The van der Waals surface area contributed by atoms with E-state index in [2.05, 4.69) is 326 Å². The van der Waals surface area contributed by atoms with Gasteiger partial charge < -0.3 is 19.1 Å². The molecule has 18 aromatic rings. The Morgan fingerprint density at radius 1 is 0.242 bits per heavy atom. The van der Waals surface area contributed by atoms with Crippen LogP contribution in [0.25, 0.3) is 165 Å². The largest absolute Gasteiger partial charge is 0.354 e.